The molecule has 0 N–H and O–H groups in total. The van der Waals surface area contributed by atoms with Crippen LogP contribution < -0.4 is 10.2 Å². The highest BCUT2D eigenvalue weighted by atomic mass is 32.1. The largest absolute Gasteiger partial charge is 0.497 e. The Morgan fingerprint density at radius 2 is 1.51 bits per heavy atom. The van der Waals surface area contributed by atoms with Gasteiger partial charge in [0.1, 0.15) is 5.75 Å². The summed E-state index contributed by atoms with van der Waals surface area (Å²) in [6.07, 6.45) is 0. The second-order valence-corrected chi connectivity index (χ2v) is 12.5. The Hall–Kier alpha value is -2.64. The molecule has 0 bridgehead atoms. The molecule has 1 aliphatic heterocycles. The fraction of sp³-hybridized carbons (Fsp3) is 0.241. The number of thiophene rings is 1. The lowest BCUT2D eigenvalue weighted by Crippen LogP contribution is -2.41. The van der Waals surface area contributed by atoms with Gasteiger partial charge in [0, 0.05) is 35.0 Å². The molecule has 2 aromatic heterocycles. The van der Waals surface area contributed by atoms with Crippen molar-refractivity contribution in [1.29, 1.82) is 0 Å². The molecular weight excluding hydrogens is 471 g/mol. The molecule has 1 saturated heterocycles. The van der Waals surface area contributed by atoms with Crippen LogP contribution in [0.4, 0.5) is 0 Å². The van der Waals surface area contributed by atoms with E-state index in [1.807, 2.05) is 28.7 Å². The minimum Gasteiger partial charge on any atom is -0.497 e. The molecule has 0 amide bonds. The van der Waals surface area contributed by atoms with E-state index < -0.39 is 0 Å². The van der Waals surface area contributed by atoms with E-state index in [2.05, 4.69) is 82.3 Å². The number of benzene rings is 4. The van der Waals surface area contributed by atoms with Gasteiger partial charge in [-0.25, -0.2) is 0 Å². The maximum absolute atomic E-state index is 6.39. The number of methoxy groups -OCH3 is 1. The Morgan fingerprint density at radius 3 is 2.29 bits per heavy atom. The number of rotatable bonds is 2. The van der Waals surface area contributed by atoms with E-state index in [9.17, 15) is 0 Å². The van der Waals surface area contributed by atoms with Crippen molar-refractivity contribution in [2.45, 2.75) is 38.9 Å². The molecule has 0 aliphatic carbocycles. The molecule has 0 radical (unpaired) electrons. The van der Waals surface area contributed by atoms with E-state index in [-0.39, 0.29) is 18.3 Å². The van der Waals surface area contributed by atoms with E-state index in [0.717, 1.165) is 11.2 Å². The highest BCUT2D eigenvalue weighted by Gasteiger charge is 2.51. The summed E-state index contributed by atoms with van der Waals surface area (Å²) in [6, 6.07) is 22.1. The molecule has 3 nitrogen and oxygen atoms in total. The van der Waals surface area contributed by atoms with Gasteiger partial charge in [0.25, 0.3) is 0 Å². The maximum atomic E-state index is 6.39. The molecule has 1 fully saturated rings. The summed E-state index contributed by atoms with van der Waals surface area (Å²) >= 11 is 3.73. The first kappa shape index (κ1) is 21.6. The van der Waals surface area contributed by atoms with E-state index in [0.29, 0.717) is 0 Å². The molecule has 6 aromatic rings. The minimum absolute atomic E-state index is 0.370. The van der Waals surface area contributed by atoms with Crippen LogP contribution in [-0.2, 0) is 9.31 Å². The van der Waals surface area contributed by atoms with E-state index in [1.54, 1.807) is 7.11 Å². The first-order valence-electron chi connectivity index (χ1n) is 11.9. The number of fused-ring (bicyclic) bond motifs is 4. The smallest absolute Gasteiger partial charge is 0.494 e. The third-order valence-corrected chi connectivity index (χ3v) is 10.1. The average Bonchev–Trinajstić information content (AvgIpc) is 3.25. The van der Waals surface area contributed by atoms with E-state index in [1.165, 1.54) is 51.1 Å². The van der Waals surface area contributed by atoms with Crippen molar-refractivity contribution < 1.29 is 14.0 Å². The second kappa shape index (κ2) is 7.20. The Balaban J connectivity index is 1.60. The summed E-state index contributed by atoms with van der Waals surface area (Å²) in [5.74, 6) is 0.879. The summed E-state index contributed by atoms with van der Waals surface area (Å²) in [4.78, 5) is 0. The zero-order valence-electron chi connectivity index (χ0n) is 20.4. The van der Waals surface area contributed by atoms with Gasteiger partial charge in [-0.1, -0.05) is 30.3 Å². The Kier molecular flexibility index (Phi) is 4.45. The van der Waals surface area contributed by atoms with Crippen LogP contribution in [0.2, 0.25) is 0 Å². The number of hydrogen-bond acceptors (Lipinski definition) is 5. The van der Waals surface area contributed by atoms with Gasteiger partial charge in [0.05, 0.1) is 18.3 Å². The molecule has 0 saturated carbocycles. The average molecular weight is 496 g/mol. The molecule has 174 valence electrons. The highest BCUT2D eigenvalue weighted by Crippen LogP contribution is 2.47. The lowest BCUT2D eigenvalue weighted by molar-refractivity contribution is 0.00578. The predicted molar refractivity (Wildman–Crippen MR) is 152 cm³/mol. The first-order valence-corrected chi connectivity index (χ1v) is 13.5. The van der Waals surface area contributed by atoms with Crippen molar-refractivity contribution in [3.63, 3.8) is 0 Å². The quantitative estimate of drug-likeness (QED) is 0.228. The summed E-state index contributed by atoms with van der Waals surface area (Å²) in [7, 11) is 1.35. The molecule has 7 rings (SSSR count). The Labute approximate surface area is 212 Å². The van der Waals surface area contributed by atoms with Gasteiger partial charge in [-0.05, 0) is 79.6 Å². The summed E-state index contributed by atoms with van der Waals surface area (Å²) in [5, 5.41) is 7.71. The monoisotopic (exact) mass is 496 g/mol. The van der Waals surface area contributed by atoms with Gasteiger partial charge in [0.15, 0.2) is 0 Å². The summed E-state index contributed by atoms with van der Waals surface area (Å²) in [6.45, 7) is 8.40. The molecule has 1 aliphatic rings. The Bertz CT molecular complexity index is 1800. The topological polar surface area (TPSA) is 27.7 Å². The summed E-state index contributed by atoms with van der Waals surface area (Å²) in [5.41, 5.74) is 0.317. The minimum atomic E-state index is -0.383. The normalized spacial score (nSPS) is 17.5. The molecule has 35 heavy (non-hydrogen) atoms. The lowest BCUT2D eigenvalue weighted by atomic mass is 9.79. The van der Waals surface area contributed by atoms with Crippen molar-refractivity contribution >= 4 is 86.4 Å². The predicted octanol–water partition coefficient (Wildman–Crippen LogP) is 7.88. The van der Waals surface area contributed by atoms with Crippen molar-refractivity contribution in [2.75, 3.05) is 7.11 Å². The van der Waals surface area contributed by atoms with Crippen molar-refractivity contribution in [2.24, 2.45) is 0 Å². The van der Waals surface area contributed by atoms with Gasteiger partial charge in [-0.3, -0.25) is 0 Å². The van der Waals surface area contributed by atoms with E-state index in [4.69, 9.17) is 14.0 Å². The van der Waals surface area contributed by atoms with Crippen LogP contribution in [0.3, 0.4) is 0 Å². The third-order valence-electron chi connectivity index (χ3n) is 7.79. The van der Waals surface area contributed by atoms with E-state index >= 15 is 0 Å². The number of hydrogen-bond donors (Lipinski definition) is 0. The number of ether oxygens (including phenoxy) is 1. The summed E-state index contributed by atoms with van der Waals surface area (Å²) < 4.78 is 23.5. The van der Waals surface area contributed by atoms with Gasteiger partial charge in [-0.2, -0.15) is 0 Å². The molecule has 0 spiro atoms. The standard InChI is InChI=1S/C29H25BO3S2/c1-28(2)29(3,4)33-30(32-28)17-10-12-19-20-7-6-8-22-25(20)26-24(34-22)13-16-9-11-18(31-5)15-21(16)27(26)35-23(19)14-17/h6-15H,1-5H3. The second-order valence-electron chi connectivity index (χ2n) is 10.4. The zero-order chi connectivity index (χ0) is 24.1. The fourth-order valence-electron chi connectivity index (χ4n) is 5.17. The first-order chi connectivity index (χ1) is 16.8. The molecule has 3 heterocycles. The van der Waals surface area contributed by atoms with Crippen molar-refractivity contribution in [3.8, 4) is 5.75 Å². The molecule has 0 atom stereocenters. The Morgan fingerprint density at radius 1 is 0.714 bits per heavy atom. The van der Waals surface area contributed by atoms with Crippen LogP contribution in [0.15, 0.2) is 60.7 Å². The maximum Gasteiger partial charge on any atom is 0.494 e. The molecule has 0 unspecified atom stereocenters. The van der Waals surface area contributed by atoms with Gasteiger partial charge >= 0.3 is 7.12 Å². The van der Waals surface area contributed by atoms with Crippen LogP contribution in [0.1, 0.15) is 27.7 Å². The lowest BCUT2D eigenvalue weighted by Gasteiger charge is -2.32. The third kappa shape index (κ3) is 3.04. The van der Waals surface area contributed by atoms with Crippen molar-refractivity contribution in [1.82, 2.24) is 0 Å². The van der Waals surface area contributed by atoms with Crippen molar-refractivity contribution in [3.05, 3.63) is 60.7 Å². The van der Waals surface area contributed by atoms with Crippen LogP contribution in [0, 0.1) is 0 Å². The fourth-order valence-corrected chi connectivity index (χ4v) is 7.72. The van der Waals surface area contributed by atoms with Crippen LogP contribution in [0.25, 0.3) is 51.1 Å². The van der Waals surface area contributed by atoms with Crippen LogP contribution in [0.5, 0.6) is 5.75 Å². The SMILES string of the molecule is COc1ccc2cc3sc4cccc5c6ccc(B7OC(C)(C)C(C)(C)O7)cc6sc(c2c1)c3c45. The van der Waals surface area contributed by atoms with Gasteiger partial charge < -0.3 is 14.0 Å². The van der Waals surface area contributed by atoms with Gasteiger partial charge in [0.2, 0.25) is 0 Å². The highest BCUT2D eigenvalue weighted by molar-refractivity contribution is 7.29. The molecular formula is C29H25BO3S2. The van der Waals surface area contributed by atoms with Crippen LogP contribution >= 0.6 is 22.7 Å². The molecule has 6 heteroatoms. The molecule has 4 aromatic carbocycles. The van der Waals surface area contributed by atoms with Gasteiger partial charge in [-0.15, -0.1) is 22.7 Å². The zero-order valence-corrected chi connectivity index (χ0v) is 22.0. The van der Waals surface area contributed by atoms with Crippen LogP contribution in [-0.4, -0.2) is 25.4 Å².